The highest BCUT2D eigenvalue weighted by molar-refractivity contribution is 6.11. The molecule has 11 aromatic rings. The molecular formula is C51H33N3O. The van der Waals surface area contributed by atoms with Crippen molar-refractivity contribution in [1.29, 1.82) is 0 Å². The zero-order valence-electron chi connectivity index (χ0n) is 29.8. The van der Waals surface area contributed by atoms with Crippen molar-refractivity contribution in [3.05, 3.63) is 200 Å². The summed E-state index contributed by atoms with van der Waals surface area (Å²) in [5.74, 6) is 0.628. The van der Waals surface area contributed by atoms with Gasteiger partial charge >= 0.3 is 0 Å². The molecule has 0 aliphatic heterocycles. The molecule has 0 amide bonds. The van der Waals surface area contributed by atoms with E-state index >= 15 is 0 Å². The Hall–Kier alpha value is -7.43. The molecule has 0 atom stereocenters. The predicted molar refractivity (Wildman–Crippen MR) is 229 cm³/mol. The maximum atomic E-state index is 6.24. The lowest BCUT2D eigenvalue weighted by molar-refractivity contribution is 0.620. The summed E-state index contributed by atoms with van der Waals surface area (Å²) in [6, 6.07) is 71.2. The van der Waals surface area contributed by atoms with E-state index in [1.165, 1.54) is 43.7 Å². The molecule has 0 radical (unpaired) electrons. The lowest BCUT2D eigenvalue weighted by atomic mass is 9.98. The molecule has 4 heteroatoms. The second-order valence-corrected chi connectivity index (χ2v) is 14.0. The van der Waals surface area contributed by atoms with Gasteiger partial charge in [0.05, 0.1) is 11.0 Å². The van der Waals surface area contributed by atoms with Crippen LogP contribution in [-0.4, -0.2) is 9.55 Å². The van der Waals surface area contributed by atoms with Crippen LogP contribution in [0, 0.1) is 0 Å². The molecule has 11 rings (SSSR count). The van der Waals surface area contributed by atoms with E-state index in [9.17, 15) is 0 Å². The van der Waals surface area contributed by atoms with Crippen LogP contribution in [0.2, 0.25) is 0 Å². The van der Waals surface area contributed by atoms with Crippen molar-refractivity contribution in [1.82, 2.24) is 9.55 Å². The number of hydrogen-bond acceptors (Lipinski definition) is 3. The summed E-state index contributed by atoms with van der Waals surface area (Å²) in [5.41, 5.74) is 11.7. The Balaban J connectivity index is 1.09. The molecule has 258 valence electrons. The SMILES string of the molecule is c1ccc(-c2nc3c(ccc4cc(N(c5ccc(-c6cccc7ccccc67)cc5)c5ccc6c(c5)c5ccccc5n6-c5ccccc5)ccc43)o2)cc1. The Bertz CT molecular complexity index is 3190. The molecule has 4 nitrogen and oxygen atoms in total. The molecule has 0 aliphatic rings. The summed E-state index contributed by atoms with van der Waals surface area (Å²) in [6.45, 7) is 0. The molecule has 0 aliphatic carbocycles. The standard InChI is InChI=1S/C51H33N3O/c1-3-13-36(14-4-1)51-52-50-44-29-27-40(32-37(44)24-31-49(50)55-51)53(39-25-22-35(23-26-39)43-20-11-15-34-12-7-8-18-42(34)43)41-28-30-48-46(33-41)45-19-9-10-21-47(45)54(48)38-16-5-2-6-17-38/h1-33H. The number of aromatic nitrogens is 2. The zero-order chi connectivity index (χ0) is 36.3. The van der Waals surface area contributed by atoms with Gasteiger partial charge in [-0.05, 0) is 112 Å². The van der Waals surface area contributed by atoms with Crippen LogP contribution in [0.25, 0.3) is 82.7 Å². The number of anilines is 3. The number of oxazole rings is 1. The van der Waals surface area contributed by atoms with E-state index in [0.717, 1.165) is 50.2 Å². The number of rotatable bonds is 6. The Kier molecular flexibility index (Phi) is 7.14. The molecule has 0 saturated carbocycles. The van der Waals surface area contributed by atoms with Crippen molar-refractivity contribution in [2.24, 2.45) is 0 Å². The van der Waals surface area contributed by atoms with Crippen molar-refractivity contribution < 1.29 is 4.42 Å². The Labute approximate surface area is 317 Å². The first-order chi connectivity index (χ1) is 27.3. The predicted octanol–water partition coefficient (Wildman–Crippen LogP) is 14.0. The van der Waals surface area contributed by atoms with Gasteiger partial charge in [0.25, 0.3) is 0 Å². The van der Waals surface area contributed by atoms with Crippen LogP contribution in [0.4, 0.5) is 17.1 Å². The van der Waals surface area contributed by atoms with Gasteiger partial charge in [-0.25, -0.2) is 4.98 Å². The van der Waals surface area contributed by atoms with Crippen LogP contribution < -0.4 is 4.90 Å². The van der Waals surface area contributed by atoms with E-state index in [1.807, 2.05) is 36.4 Å². The van der Waals surface area contributed by atoms with E-state index in [1.54, 1.807) is 0 Å². The highest BCUT2D eigenvalue weighted by Crippen LogP contribution is 2.42. The maximum Gasteiger partial charge on any atom is 0.227 e. The quantitative estimate of drug-likeness (QED) is 0.173. The van der Waals surface area contributed by atoms with Gasteiger partial charge in [0, 0.05) is 44.5 Å². The highest BCUT2D eigenvalue weighted by atomic mass is 16.3. The molecule has 0 N–H and O–H groups in total. The Morgan fingerprint density at radius 3 is 1.95 bits per heavy atom. The number of para-hydroxylation sites is 2. The first-order valence-electron chi connectivity index (χ1n) is 18.6. The lowest BCUT2D eigenvalue weighted by Crippen LogP contribution is -2.10. The van der Waals surface area contributed by atoms with Crippen molar-refractivity contribution in [2.75, 3.05) is 4.90 Å². The fourth-order valence-electron chi connectivity index (χ4n) is 8.22. The second-order valence-electron chi connectivity index (χ2n) is 14.0. The maximum absolute atomic E-state index is 6.24. The average Bonchev–Trinajstić information content (AvgIpc) is 3.84. The molecule has 2 aromatic heterocycles. The first-order valence-corrected chi connectivity index (χ1v) is 18.6. The van der Waals surface area contributed by atoms with E-state index in [-0.39, 0.29) is 0 Å². The molecule has 9 aromatic carbocycles. The van der Waals surface area contributed by atoms with Crippen LogP contribution in [0.5, 0.6) is 0 Å². The number of hydrogen-bond donors (Lipinski definition) is 0. The van der Waals surface area contributed by atoms with Crippen molar-refractivity contribution in [3.8, 4) is 28.3 Å². The van der Waals surface area contributed by atoms with E-state index in [4.69, 9.17) is 9.40 Å². The summed E-state index contributed by atoms with van der Waals surface area (Å²) in [5, 5.41) is 7.06. The van der Waals surface area contributed by atoms with Crippen LogP contribution in [0.1, 0.15) is 0 Å². The van der Waals surface area contributed by atoms with Gasteiger partial charge in [-0.15, -0.1) is 0 Å². The molecule has 0 unspecified atom stereocenters. The van der Waals surface area contributed by atoms with E-state index in [2.05, 4.69) is 173 Å². The summed E-state index contributed by atoms with van der Waals surface area (Å²) in [4.78, 5) is 7.33. The number of nitrogens with zero attached hydrogens (tertiary/aromatic N) is 3. The van der Waals surface area contributed by atoms with Crippen LogP contribution in [0.3, 0.4) is 0 Å². The summed E-state index contributed by atoms with van der Waals surface area (Å²) in [7, 11) is 0. The molecule has 55 heavy (non-hydrogen) atoms. The van der Waals surface area contributed by atoms with Crippen molar-refractivity contribution >= 4 is 71.5 Å². The third kappa shape index (κ3) is 5.19. The smallest absolute Gasteiger partial charge is 0.227 e. The molecular weight excluding hydrogens is 671 g/mol. The highest BCUT2D eigenvalue weighted by Gasteiger charge is 2.19. The third-order valence-corrected chi connectivity index (χ3v) is 10.8. The second kappa shape index (κ2) is 12.6. The molecule has 0 saturated heterocycles. The average molecular weight is 704 g/mol. The van der Waals surface area contributed by atoms with Gasteiger partial charge in [-0.1, -0.05) is 115 Å². The van der Waals surface area contributed by atoms with Crippen LogP contribution in [0.15, 0.2) is 205 Å². The fraction of sp³-hybridized carbons (Fsp3) is 0. The minimum atomic E-state index is 0.628. The summed E-state index contributed by atoms with van der Waals surface area (Å²) in [6.07, 6.45) is 0. The zero-order valence-corrected chi connectivity index (χ0v) is 29.8. The summed E-state index contributed by atoms with van der Waals surface area (Å²) >= 11 is 0. The van der Waals surface area contributed by atoms with Gasteiger partial charge in [-0.2, -0.15) is 0 Å². The van der Waals surface area contributed by atoms with Gasteiger partial charge in [0.15, 0.2) is 5.58 Å². The minimum Gasteiger partial charge on any atom is -0.436 e. The van der Waals surface area contributed by atoms with Gasteiger partial charge in [0.2, 0.25) is 5.89 Å². The first kappa shape index (κ1) is 31.1. The summed E-state index contributed by atoms with van der Waals surface area (Å²) < 4.78 is 8.60. The minimum absolute atomic E-state index is 0.628. The third-order valence-electron chi connectivity index (χ3n) is 10.8. The fourth-order valence-corrected chi connectivity index (χ4v) is 8.22. The van der Waals surface area contributed by atoms with Gasteiger partial charge < -0.3 is 13.9 Å². The van der Waals surface area contributed by atoms with Crippen LogP contribution in [-0.2, 0) is 0 Å². The monoisotopic (exact) mass is 703 g/mol. The Morgan fingerprint density at radius 2 is 1.09 bits per heavy atom. The number of fused-ring (bicyclic) bond motifs is 7. The van der Waals surface area contributed by atoms with Gasteiger partial charge in [-0.3, -0.25) is 0 Å². The molecule has 0 bridgehead atoms. The topological polar surface area (TPSA) is 34.2 Å². The Morgan fingerprint density at radius 1 is 0.418 bits per heavy atom. The molecule has 0 spiro atoms. The van der Waals surface area contributed by atoms with Crippen molar-refractivity contribution in [3.63, 3.8) is 0 Å². The largest absolute Gasteiger partial charge is 0.436 e. The van der Waals surface area contributed by atoms with Gasteiger partial charge in [0.1, 0.15) is 5.52 Å². The van der Waals surface area contributed by atoms with E-state index < -0.39 is 0 Å². The van der Waals surface area contributed by atoms with Crippen molar-refractivity contribution in [2.45, 2.75) is 0 Å². The lowest BCUT2D eigenvalue weighted by Gasteiger charge is -2.26. The normalized spacial score (nSPS) is 11.6. The number of benzene rings is 9. The van der Waals surface area contributed by atoms with E-state index in [0.29, 0.717) is 5.89 Å². The molecule has 2 heterocycles. The molecule has 0 fully saturated rings. The van der Waals surface area contributed by atoms with Crippen LogP contribution >= 0.6 is 0 Å².